The predicted molar refractivity (Wildman–Crippen MR) is 147 cm³/mol. The van der Waals surface area contributed by atoms with E-state index in [1.165, 1.54) is 4.90 Å². The van der Waals surface area contributed by atoms with Crippen LogP contribution in [0.4, 0.5) is 4.79 Å². The second kappa shape index (κ2) is 9.58. The third kappa shape index (κ3) is 4.19. The summed E-state index contributed by atoms with van der Waals surface area (Å²) in [6.07, 6.45) is 1.63. The number of para-hydroxylation sites is 1. The largest absolute Gasteiger partial charge is 0.496 e. The lowest BCUT2D eigenvalue weighted by molar-refractivity contribution is 0.0726. The van der Waals surface area contributed by atoms with Crippen LogP contribution in [-0.2, 0) is 6.54 Å². The molecule has 0 fully saturated rings. The molecular formula is C30H26ClN3O4. The molecule has 2 aliphatic heterocycles. The van der Waals surface area contributed by atoms with Crippen LogP contribution in [0.5, 0.6) is 5.75 Å². The van der Waals surface area contributed by atoms with Crippen molar-refractivity contribution in [2.24, 2.45) is 0 Å². The van der Waals surface area contributed by atoms with Gasteiger partial charge in [0.1, 0.15) is 11.8 Å². The molecule has 8 heteroatoms. The average molecular weight is 528 g/mol. The standard InChI is InChI=1S/C30H26ClN3O4/c1-38-27-9-8-22(31)16-24(27)28(26-15-20-4-2-3-5-25(20)32-26)34-17-21-7-6-19(14-23(21)29(34)35)18-10-12-33(13-11-18)30(36)37/h2-10,14-16,28,32H,11-13,17H2,1H3,(H,36,37). The van der Waals surface area contributed by atoms with Gasteiger partial charge in [-0.1, -0.05) is 48.0 Å². The van der Waals surface area contributed by atoms with Crippen LogP contribution < -0.4 is 4.74 Å². The summed E-state index contributed by atoms with van der Waals surface area (Å²) in [6.45, 7) is 1.23. The highest BCUT2D eigenvalue weighted by Gasteiger charge is 2.37. The summed E-state index contributed by atoms with van der Waals surface area (Å²) < 4.78 is 5.71. The van der Waals surface area contributed by atoms with Crippen LogP contribution in [0, 0.1) is 0 Å². The van der Waals surface area contributed by atoms with Gasteiger partial charge >= 0.3 is 6.09 Å². The molecule has 1 aromatic heterocycles. The number of rotatable bonds is 5. The molecule has 2 N–H and O–H groups in total. The number of H-pyrrole nitrogens is 1. The van der Waals surface area contributed by atoms with E-state index < -0.39 is 12.1 Å². The number of ether oxygens (including phenoxy) is 1. The number of nitrogens with zero attached hydrogens (tertiary/aromatic N) is 2. The smallest absolute Gasteiger partial charge is 0.407 e. The number of benzene rings is 3. The number of fused-ring (bicyclic) bond motifs is 2. The molecule has 38 heavy (non-hydrogen) atoms. The Morgan fingerprint density at radius 2 is 1.95 bits per heavy atom. The third-order valence-corrected chi connectivity index (χ3v) is 7.67. The number of aromatic amines is 1. The number of hydrogen-bond acceptors (Lipinski definition) is 3. The molecule has 0 saturated carbocycles. The molecule has 7 nitrogen and oxygen atoms in total. The summed E-state index contributed by atoms with van der Waals surface area (Å²) in [5.41, 5.74) is 6.27. The Kier molecular flexibility index (Phi) is 6.08. The van der Waals surface area contributed by atoms with E-state index in [-0.39, 0.29) is 5.91 Å². The number of carbonyl (C=O) groups is 2. The number of nitrogens with one attached hydrogen (secondary N) is 1. The first kappa shape index (κ1) is 24.1. The van der Waals surface area contributed by atoms with E-state index in [9.17, 15) is 14.7 Å². The van der Waals surface area contributed by atoms with Crippen molar-refractivity contribution in [3.8, 4) is 5.75 Å². The van der Waals surface area contributed by atoms with Crippen LogP contribution in [0.25, 0.3) is 16.5 Å². The van der Waals surface area contributed by atoms with Gasteiger partial charge in [0.15, 0.2) is 0 Å². The Bertz CT molecular complexity index is 1580. The normalized spacial score (nSPS) is 15.9. The van der Waals surface area contributed by atoms with Crippen LogP contribution in [0.15, 0.2) is 72.8 Å². The zero-order valence-corrected chi connectivity index (χ0v) is 21.5. The highest BCUT2D eigenvalue weighted by atomic mass is 35.5. The molecule has 3 heterocycles. The van der Waals surface area contributed by atoms with E-state index in [2.05, 4.69) is 11.1 Å². The van der Waals surface area contributed by atoms with Crippen LogP contribution >= 0.6 is 11.6 Å². The molecule has 4 aromatic rings. The summed E-state index contributed by atoms with van der Waals surface area (Å²) >= 11 is 6.44. The van der Waals surface area contributed by atoms with Crippen molar-refractivity contribution < 1.29 is 19.4 Å². The number of amides is 2. The monoisotopic (exact) mass is 527 g/mol. The van der Waals surface area contributed by atoms with E-state index >= 15 is 0 Å². The fourth-order valence-corrected chi connectivity index (χ4v) is 5.68. The van der Waals surface area contributed by atoms with Crippen molar-refractivity contribution in [3.63, 3.8) is 0 Å². The topological polar surface area (TPSA) is 85.9 Å². The van der Waals surface area contributed by atoms with E-state index in [0.29, 0.717) is 42.4 Å². The van der Waals surface area contributed by atoms with Crippen LogP contribution in [-0.4, -0.2) is 52.1 Å². The zero-order valence-electron chi connectivity index (χ0n) is 20.8. The fraction of sp³-hybridized carbons (Fsp3) is 0.200. The van der Waals surface area contributed by atoms with Gasteiger partial charge in [-0.3, -0.25) is 4.79 Å². The molecule has 2 amide bonds. The van der Waals surface area contributed by atoms with E-state index in [4.69, 9.17) is 16.3 Å². The maximum Gasteiger partial charge on any atom is 0.407 e. The van der Waals surface area contributed by atoms with Gasteiger partial charge in [0.05, 0.1) is 7.11 Å². The minimum absolute atomic E-state index is 0.0730. The predicted octanol–water partition coefficient (Wildman–Crippen LogP) is 6.34. The van der Waals surface area contributed by atoms with E-state index in [1.54, 1.807) is 13.2 Å². The summed E-state index contributed by atoms with van der Waals surface area (Å²) in [5.74, 6) is 0.578. The highest BCUT2D eigenvalue weighted by molar-refractivity contribution is 6.30. The SMILES string of the molecule is COc1ccc(Cl)cc1C(c1cc2ccccc2[nH]1)N1Cc2ccc(C3=CCN(C(=O)O)CC3)cc2C1=O. The van der Waals surface area contributed by atoms with Crippen molar-refractivity contribution >= 4 is 40.1 Å². The molecule has 0 aliphatic carbocycles. The van der Waals surface area contributed by atoms with Crippen molar-refractivity contribution in [1.82, 2.24) is 14.8 Å². The van der Waals surface area contributed by atoms with Gasteiger partial charge in [-0.2, -0.15) is 0 Å². The van der Waals surface area contributed by atoms with Gasteiger partial charge in [0, 0.05) is 47.0 Å². The fourth-order valence-electron chi connectivity index (χ4n) is 5.50. The van der Waals surface area contributed by atoms with Crippen molar-refractivity contribution in [1.29, 1.82) is 0 Å². The number of hydrogen-bond donors (Lipinski definition) is 2. The Labute approximate surface area is 224 Å². The number of carbonyl (C=O) groups excluding carboxylic acids is 1. The quantitative estimate of drug-likeness (QED) is 0.317. The van der Waals surface area contributed by atoms with Gasteiger partial charge in [-0.25, -0.2) is 4.79 Å². The van der Waals surface area contributed by atoms with Crippen LogP contribution in [0.1, 0.15) is 45.2 Å². The van der Waals surface area contributed by atoms with Crippen molar-refractivity contribution in [3.05, 3.63) is 106 Å². The molecular weight excluding hydrogens is 502 g/mol. The summed E-state index contributed by atoms with van der Waals surface area (Å²) in [4.78, 5) is 32.0. The maximum absolute atomic E-state index is 14.0. The molecule has 3 aromatic carbocycles. The molecule has 192 valence electrons. The van der Waals surface area contributed by atoms with Crippen molar-refractivity contribution in [2.45, 2.75) is 19.0 Å². The van der Waals surface area contributed by atoms with Crippen molar-refractivity contribution in [2.75, 3.05) is 20.2 Å². The lowest BCUT2D eigenvalue weighted by Crippen LogP contribution is -2.33. The molecule has 0 radical (unpaired) electrons. The Hall–Kier alpha value is -4.23. The minimum Gasteiger partial charge on any atom is -0.496 e. The summed E-state index contributed by atoms with van der Waals surface area (Å²) in [7, 11) is 1.62. The lowest BCUT2D eigenvalue weighted by atomic mass is 9.96. The first-order valence-corrected chi connectivity index (χ1v) is 12.8. The second-order valence-electron chi connectivity index (χ2n) is 9.61. The van der Waals surface area contributed by atoms with Crippen LogP contribution in [0.3, 0.4) is 0 Å². The minimum atomic E-state index is -0.917. The maximum atomic E-state index is 14.0. The number of carboxylic acid groups (broad SMARTS) is 1. The average Bonchev–Trinajstić information content (AvgIpc) is 3.50. The van der Waals surface area contributed by atoms with Gasteiger partial charge in [0.2, 0.25) is 0 Å². The Morgan fingerprint density at radius 1 is 1.11 bits per heavy atom. The molecule has 0 bridgehead atoms. The number of methoxy groups -OCH3 is 1. The second-order valence-corrected chi connectivity index (χ2v) is 10.1. The zero-order chi connectivity index (χ0) is 26.4. The van der Waals surface area contributed by atoms with Crippen LogP contribution in [0.2, 0.25) is 5.02 Å². The number of aromatic nitrogens is 1. The Morgan fingerprint density at radius 3 is 2.68 bits per heavy atom. The summed E-state index contributed by atoms with van der Waals surface area (Å²) in [6, 6.07) is 21.1. The highest BCUT2D eigenvalue weighted by Crippen LogP contribution is 2.41. The molecule has 1 unspecified atom stereocenters. The van der Waals surface area contributed by atoms with Gasteiger partial charge in [-0.15, -0.1) is 0 Å². The van der Waals surface area contributed by atoms with E-state index in [0.717, 1.165) is 38.9 Å². The molecule has 2 aliphatic rings. The summed E-state index contributed by atoms with van der Waals surface area (Å²) in [5, 5.41) is 10.9. The van der Waals surface area contributed by atoms with Gasteiger partial charge < -0.3 is 24.6 Å². The van der Waals surface area contributed by atoms with E-state index in [1.807, 2.05) is 65.6 Å². The Balaban J connectivity index is 1.40. The lowest BCUT2D eigenvalue weighted by Gasteiger charge is -2.29. The first-order chi connectivity index (χ1) is 18.4. The molecule has 6 rings (SSSR count). The number of halogens is 1. The van der Waals surface area contributed by atoms with Gasteiger partial charge in [0.25, 0.3) is 5.91 Å². The first-order valence-electron chi connectivity index (χ1n) is 12.4. The third-order valence-electron chi connectivity index (χ3n) is 7.44. The molecule has 1 atom stereocenters. The molecule has 0 saturated heterocycles. The molecule has 0 spiro atoms. The van der Waals surface area contributed by atoms with Gasteiger partial charge in [-0.05, 0) is 64.9 Å².